The van der Waals surface area contributed by atoms with Crippen LogP contribution in [-0.2, 0) is 9.47 Å². The van der Waals surface area contributed by atoms with Crippen molar-refractivity contribution in [2.45, 2.75) is 45.6 Å². The topological polar surface area (TPSA) is 60.0 Å². The lowest BCUT2D eigenvalue weighted by molar-refractivity contribution is -0.0471. The van der Waals surface area contributed by atoms with Gasteiger partial charge in [-0.2, -0.15) is 0 Å². The largest absolute Gasteiger partial charge is 0.379 e. The number of hydrogen-bond acceptors (Lipinski definition) is 4. The molecule has 0 aromatic carbocycles. The number of hydrogen-bond donors (Lipinski definition) is 1. The SMILES string of the molecule is CCCC(OCCOCC)C1(C)C=CC=CC1c1c[nH]nn1. The van der Waals surface area contributed by atoms with Crippen molar-refractivity contribution in [3.63, 3.8) is 0 Å². The van der Waals surface area contributed by atoms with Gasteiger partial charge in [-0.15, -0.1) is 5.10 Å². The molecule has 0 spiro atoms. The molecule has 1 aromatic rings. The van der Waals surface area contributed by atoms with E-state index in [2.05, 4.69) is 53.6 Å². The normalized spacial score (nSPS) is 25.5. The van der Waals surface area contributed by atoms with E-state index in [0.29, 0.717) is 13.2 Å². The molecular weight excluding hydrogens is 278 g/mol. The van der Waals surface area contributed by atoms with Crippen molar-refractivity contribution in [3.8, 4) is 0 Å². The Morgan fingerprint density at radius 2 is 2.18 bits per heavy atom. The van der Waals surface area contributed by atoms with Gasteiger partial charge < -0.3 is 9.47 Å². The fourth-order valence-corrected chi connectivity index (χ4v) is 3.07. The van der Waals surface area contributed by atoms with Gasteiger partial charge in [-0.1, -0.05) is 49.8 Å². The molecule has 0 radical (unpaired) electrons. The maximum Gasteiger partial charge on any atom is 0.0902 e. The van der Waals surface area contributed by atoms with E-state index in [1.54, 1.807) is 0 Å². The van der Waals surface area contributed by atoms with Gasteiger partial charge in [0.25, 0.3) is 0 Å². The number of nitrogens with one attached hydrogen (secondary N) is 1. The standard InChI is InChI=1S/C17H27N3O2/c1-4-8-16(22-12-11-21-5-2)17(3)10-7-6-9-14(17)15-13-18-20-19-15/h6-7,9-10,13-14,16H,4-5,8,11-12H2,1-3H3,(H,18,19,20). The van der Waals surface area contributed by atoms with Crippen molar-refractivity contribution >= 4 is 0 Å². The summed E-state index contributed by atoms with van der Waals surface area (Å²) in [6.45, 7) is 8.42. The van der Waals surface area contributed by atoms with Gasteiger partial charge in [0.15, 0.2) is 0 Å². The van der Waals surface area contributed by atoms with Crippen molar-refractivity contribution in [1.29, 1.82) is 0 Å². The van der Waals surface area contributed by atoms with Crippen LogP contribution in [0.25, 0.3) is 0 Å². The highest BCUT2D eigenvalue weighted by atomic mass is 16.5. The van der Waals surface area contributed by atoms with E-state index >= 15 is 0 Å². The fraction of sp³-hybridized carbons (Fsp3) is 0.647. The number of nitrogens with zero attached hydrogens (tertiary/aromatic N) is 2. The summed E-state index contributed by atoms with van der Waals surface area (Å²) in [6.07, 6.45) is 12.7. The van der Waals surface area contributed by atoms with Crippen molar-refractivity contribution in [1.82, 2.24) is 15.4 Å². The highest BCUT2D eigenvalue weighted by Gasteiger charge is 2.41. The maximum atomic E-state index is 6.19. The zero-order valence-electron chi connectivity index (χ0n) is 13.8. The molecule has 1 N–H and O–H groups in total. The average molecular weight is 305 g/mol. The maximum absolute atomic E-state index is 6.19. The van der Waals surface area contributed by atoms with E-state index in [9.17, 15) is 0 Å². The van der Waals surface area contributed by atoms with Crippen LogP contribution < -0.4 is 0 Å². The molecule has 1 aliphatic carbocycles. The first-order chi connectivity index (χ1) is 10.7. The summed E-state index contributed by atoms with van der Waals surface area (Å²) in [4.78, 5) is 0. The van der Waals surface area contributed by atoms with Gasteiger partial charge in [0.1, 0.15) is 0 Å². The van der Waals surface area contributed by atoms with Gasteiger partial charge in [0, 0.05) is 24.1 Å². The molecule has 122 valence electrons. The summed E-state index contributed by atoms with van der Waals surface area (Å²) in [5.41, 5.74) is 0.825. The van der Waals surface area contributed by atoms with Crippen LogP contribution in [0.5, 0.6) is 0 Å². The Kier molecular flexibility index (Phi) is 6.34. The lowest BCUT2D eigenvalue weighted by Crippen LogP contribution is -2.39. The van der Waals surface area contributed by atoms with E-state index < -0.39 is 0 Å². The molecule has 22 heavy (non-hydrogen) atoms. The summed E-state index contributed by atoms with van der Waals surface area (Å²) >= 11 is 0. The molecular formula is C17H27N3O2. The molecule has 0 amide bonds. The molecule has 0 saturated carbocycles. The van der Waals surface area contributed by atoms with Gasteiger partial charge in [-0.05, 0) is 13.3 Å². The zero-order chi connectivity index (χ0) is 15.8. The van der Waals surface area contributed by atoms with E-state index in [0.717, 1.165) is 25.1 Å². The molecule has 1 aromatic heterocycles. The Morgan fingerprint density at radius 3 is 2.86 bits per heavy atom. The number of H-pyrrole nitrogens is 1. The van der Waals surface area contributed by atoms with Crippen LogP contribution in [0.3, 0.4) is 0 Å². The van der Waals surface area contributed by atoms with Crippen LogP contribution in [-0.4, -0.2) is 41.3 Å². The molecule has 2 rings (SSSR count). The summed E-state index contributed by atoms with van der Waals surface area (Å²) in [6, 6.07) is 0. The first kappa shape index (κ1) is 16.9. The minimum atomic E-state index is -0.131. The average Bonchev–Trinajstić information content (AvgIpc) is 3.05. The second kappa shape index (κ2) is 8.25. The predicted molar refractivity (Wildman–Crippen MR) is 86.7 cm³/mol. The van der Waals surface area contributed by atoms with Crippen LogP contribution in [0.4, 0.5) is 0 Å². The molecule has 1 heterocycles. The van der Waals surface area contributed by atoms with Crippen LogP contribution in [0.15, 0.2) is 30.5 Å². The molecule has 3 unspecified atom stereocenters. The zero-order valence-corrected chi connectivity index (χ0v) is 13.8. The second-order valence-electron chi connectivity index (χ2n) is 5.83. The number of aromatic amines is 1. The summed E-state index contributed by atoms with van der Waals surface area (Å²) in [7, 11) is 0. The van der Waals surface area contributed by atoms with Gasteiger partial charge in [0.2, 0.25) is 0 Å². The summed E-state index contributed by atoms with van der Waals surface area (Å²) in [5, 5.41) is 10.9. The Balaban J connectivity index is 2.14. The third-order valence-corrected chi connectivity index (χ3v) is 4.29. The molecule has 5 nitrogen and oxygen atoms in total. The van der Waals surface area contributed by atoms with Crippen LogP contribution in [0.1, 0.15) is 45.2 Å². The summed E-state index contributed by atoms with van der Waals surface area (Å²) < 4.78 is 11.6. The van der Waals surface area contributed by atoms with Gasteiger partial charge in [0.05, 0.1) is 25.0 Å². The lowest BCUT2D eigenvalue weighted by atomic mass is 9.68. The van der Waals surface area contributed by atoms with Crippen molar-refractivity contribution in [2.24, 2.45) is 5.41 Å². The number of ether oxygens (including phenoxy) is 2. The highest BCUT2D eigenvalue weighted by Crippen LogP contribution is 2.45. The van der Waals surface area contributed by atoms with Gasteiger partial charge in [-0.25, -0.2) is 0 Å². The van der Waals surface area contributed by atoms with E-state index in [1.165, 1.54) is 0 Å². The molecule has 1 aliphatic rings. The Bertz CT molecular complexity index is 484. The smallest absolute Gasteiger partial charge is 0.0902 e. The fourth-order valence-electron chi connectivity index (χ4n) is 3.07. The molecule has 0 bridgehead atoms. The van der Waals surface area contributed by atoms with Crippen LogP contribution >= 0.6 is 0 Å². The molecule has 0 saturated heterocycles. The third kappa shape index (κ3) is 3.84. The van der Waals surface area contributed by atoms with E-state index in [-0.39, 0.29) is 17.4 Å². The summed E-state index contributed by atoms with van der Waals surface area (Å²) in [5.74, 6) is 0.167. The third-order valence-electron chi connectivity index (χ3n) is 4.29. The minimum absolute atomic E-state index is 0.126. The van der Waals surface area contributed by atoms with Crippen LogP contribution in [0.2, 0.25) is 0 Å². The Morgan fingerprint density at radius 1 is 1.32 bits per heavy atom. The first-order valence-electron chi connectivity index (χ1n) is 8.14. The minimum Gasteiger partial charge on any atom is -0.379 e. The number of rotatable bonds is 9. The quantitative estimate of drug-likeness (QED) is 0.712. The first-order valence-corrected chi connectivity index (χ1v) is 8.14. The Labute approximate surface area is 132 Å². The van der Waals surface area contributed by atoms with Gasteiger partial charge >= 0.3 is 0 Å². The van der Waals surface area contributed by atoms with Gasteiger partial charge in [-0.3, -0.25) is 5.10 Å². The number of aromatic nitrogens is 3. The highest BCUT2D eigenvalue weighted by molar-refractivity contribution is 5.29. The monoisotopic (exact) mass is 305 g/mol. The predicted octanol–water partition coefficient (Wildman–Crippen LogP) is 3.24. The van der Waals surface area contributed by atoms with E-state index in [1.807, 2.05) is 13.1 Å². The van der Waals surface area contributed by atoms with Crippen molar-refractivity contribution < 1.29 is 9.47 Å². The van der Waals surface area contributed by atoms with E-state index in [4.69, 9.17) is 9.47 Å². The molecule has 0 fully saturated rings. The second-order valence-corrected chi connectivity index (χ2v) is 5.83. The molecule has 3 atom stereocenters. The Hall–Kier alpha value is -1.46. The number of allylic oxidation sites excluding steroid dienone is 3. The van der Waals surface area contributed by atoms with Crippen molar-refractivity contribution in [2.75, 3.05) is 19.8 Å². The molecule has 0 aliphatic heterocycles. The van der Waals surface area contributed by atoms with Crippen molar-refractivity contribution in [3.05, 3.63) is 36.2 Å². The van der Waals surface area contributed by atoms with Crippen LogP contribution in [0, 0.1) is 5.41 Å². The molecule has 5 heteroatoms. The lowest BCUT2D eigenvalue weighted by Gasteiger charge is -2.41.